The van der Waals surface area contributed by atoms with E-state index in [0.29, 0.717) is 17.0 Å². The predicted octanol–water partition coefficient (Wildman–Crippen LogP) is 2.72. The summed E-state index contributed by atoms with van der Waals surface area (Å²) in [7, 11) is 1.60. The van der Waals surface area contributed by atoms with E-state index in [1.54, 1.807) is 37.4 Å². The lowest BCUT2D eigenvalue weighted by molar-refractivity contribution is 0.100. The number of hydrogen-bond donors (Lipinski definition) is 2. The molecule has 6 heteroatoms. The highest BCUT2D eigenvalue weighted by Crippen LogP contribution is 2.30. The largest absolute Gasteiger partial charge is 0.497 e. The SMILES string of the molecule is COc1ccc(OCc2ccc(C(N)=O)cc2N)c(Br)c1. The summed E-state index contributed by atoms with van der Waals surface area (Å²) in [5.41, 5.74) is 12.7. The monoisotopic (exact) mass is 350 g/mol. The second-order valence-electron chi connectivity index (χ2n) is 4.36. The first-order valence-electron chi connectivity index (χ1n) is 6.16. The first kappa shape index (κ1) is 15.2. The number of ether oxygens (including phenoxy) is 2. The van der Waals surface area contributed by atoms with E-state index in [-0.39, 0.29) is 6.61 Å². The van der Waals surface area contributed by atoms with Gasteiger partial charge in [-0.15, -0.1) is 0 Å². The summed E-state index contributed by atoms with van der Waals surface area (Å²) in [6, 6.07) is 10.3. The third-order valence-electron chi connectivity index (χ3n) is 2.95. The van der Waals surface area contributed by atoms with E-state index < -0.39 is 5.91 Å². The van der Waals surface area contributed by atoms with Crippen molar-refractivity contribution in [2.75, 3.05) is 12.8 Å². The number of rotatable bonds is 5. The quantitative estimate of drug-likeness (QED) is 0.811. The minimum absolute atomic E-state index is 0.288. The van der Waals surface area contributed by atoms with E-state index in [0.717, 1.165) is 15.8 Å². The second-order valence-corrected chi connectivity index (χ2v) is 5.22. The molecule has 0 saturated carbocycles. The molecular weight excluding hydrogens is 336 g/mol. The molecule has 2 aromatic carbocycles. The number of amides is 1. The molecule has 0 aromatic heterocycles. The summed E-state index contributed by atoms with van der Waals surface area (Å²) >= 11 is 3.41. The van der Waals surface area contributed by atoms with Crippen molar-refractivity contribution < 1.29 is 14.3 Å². The smallest absolute Gasteiger partial charge is 0.248 e. The van der Waals surface area contributed by atoms with Gasteiger partial charge >= 0.3 is 0 Å². The van der Waals surface area contributed by atoms with Crippen LogP contribution in [0.15, 0.2) is 40.9 Å². The molecule has 2 rings (SSSR count). The number of primary amides is 1. The zero-order valence-electron chi connectivity index (χ0n) is 11.4. The van der Waals surface area contributed by atoms with Gasteiger partial charge in [0.05, 0.1) is 11.6 Å². The fourth-order valence-corrected chi connectivity index (χ4v) is 2.23. The van der Waals surface area contributed by atoms with Crippen LogP contribution in [0.4, 0.5) is 5.69 Å². The Kier molecular flexibility index (Phi) is 4.70. The van der Waals surface area contributed by atoms with Crippen LogP contribution < -0.4 is 20.9 Å². The number of nitrogen functional groups attached to an aromatic ring is 1. The van der Waals surface area contributed by atoms with E-state index in [1.165, 1.54) is 0 Å². The highest BCUT2D eigenvalue weighted by Gasteiger charge is 2.07. The van der Waals surface area contributed by atoms with Crippen LogP contribution in [0.3, 0.4) is 0 Å². The molecule has 110 valence electrons. The molecule has 0 radical (unpaired) electrons. The highest BCUT2D eigenvalue weighted by molar-refractivity contribution is 9.10. The van der Waals surface area contributed by atoms with Crippen molar-refractivity contribution in [2.45, 2.75) is 6.61 Å². The Labute approximate surface area is 131 Å². The molecule has 0 saturated heterocycles. The number of benzene rings is 2. The van der Waals surface area contributed by atoms with Crippen LogP contribution in [0, 0.1) is 0 Å². The standard InChI is InChI=1S/C15H15BrN2O3/c1-20-11-4-5-14(12(16)7-11)21-8-10-3-2-9(15(18)19)6-13(10)17/h2-7H,8,17H2,1H3,(H2,18,19). The average Bonchev–Trinajstić information content (AvgIpc) is 2.46. The predicted molar refractivity (Wildman–Crippen MR) is 84.4 cm³/mol. The number of hydrogen-bond acceptors (Lipinski definition) is 4. The molecule has 1 amide bonds. The minimum Gasteiger partial charge on any atom is -0.497 e. The first-order chi connectivity index (χ1) is 10.0. The maximum Gasteiger partial charge on any atom is 0.248 e. The molecule has 0 bridgehead atoms. The molecule has 0 fully saturated rings. The summed E-state index contributed by atoms with van der Waals surface area (Å²) in [6.45, 7) is 0.288. The molecule has 0 aliphatic heterocycles. The average molecular weight is 351 g/mol. The topological polar surface area (TPSA) is 87.6 Å². The molecule has 0 unspecified atom stereocenters. The maximum atomic E-state index is 11.1. The molecule has 21 heavy (non-hydrogen) atoms. The Hall–Kier alpha value is -2.21. The van der Waals surface area contributed by atoms with Crippen molar-refractivity contribution in [1.82, 2.24) is 0 Å². The zero-order chi connectivity index (χ0) is 15.4. The fraction of sp³-hybridized carbons (Fsp3) is 0.133. The van der Waals surface area contributed by atoms with E-state index in [1.807, 2.05) is 6.07 Å². The normalized spacial score (nSPS) is 10.2. The Morgan fingerprint density at radius 3 is 2.57 bits per heavy atom. The number of carbonyl (C=O) groups is 1. The summed E-state index contributed by atoms with van der Waals surface area (Å²) in [5, 5.41) is 0. The van der Waals surface area contributed by atoms with Crippen molar-refractivity contribution in [3.8, 4) is 11.5 Å². The van der Waals surface area contributed by atoms with Crippen LogP contribution >= 0.6 is 15.9 Å². The number of halogens is 1. The van der Waals surface area contributed by atoms with Gasteiger partial charge in [0.25, 0.3) is 0 Å². The Morgan fingerprint density at radius 2 is 2.00 bits per heavy atom. The summed E-state index contributed by atoms with van der Waals surface area (Å²) in [6.07, 6.45) is 0. The lowest BCUT2D eigenvalue weighted by Crippen LogP contribution is -2.12. The molecule has 5 nitrogen and oxygen atoms in total. The van der Waals surface area contributed by atoms with E-state index in [4.69, 9.17) is 20.9 Å². The van der Waals surface area contributed by atoms with Gasteiger partial charge in [-0.05, 0) is 46.3 Å². The second kappa shape index (κ2) is 6.49. The van der Waals surface area contributed by atoms with Gasteiger partial charge in [-0.3, -0.25) is 4.79 Å². The van der Waals surface area contributed by atoms with Crippen molar-refractivity contribution in [1.29, 1.82) is 0 Å². The Balaban J connectivity index is 2.11. The van der Waals surface area contributed by atoms with Gasteiger partial charge in [0.15, 0.2) is 0 Å². The van der Waals surface area contributed by atoms with Crippen LogP contribution in [0.2, 0.25) is 0 Å². The van der Waals surface area contributed by atoms with Gasteiger partial charge in [-0.2, -0.15) is 0 Å². The van der Waals surface area contributed by atoms with Crippen LogP contribution in [0.1, 0.15) is 15.9 Å². The van der Waals surface area contributed by atoms with E-state index in [9.17, 15) is 4.79 Å². The minimum atomic E-state index is -0.507. The van der Waals surface area contributed by atoms with Gasteiger partial charge < -0.3 is 20.9 Å². The third-order valence-corrected chi connectivity index (χ3v) is 3.57. The molecule has 0 spiro atoms. The molecule has 0 atom stereocenters. The molecule has 0 heterocycles. The lowest BCUT2D eigenvalue weighted by Gasteiger charge is -2.11. The molecule has 0 aliphatic carbocycles. The molecule has 2 aromatic rings. The van der Waals surface area contributed by atoms with E-state index in [2.05, 4.69) is 15.9 Å². The van der Waals surface area contributed by atoms with Crippen LogP contribution in [0.5, 0.6) is 11.5 Å². The van der Waals surface area contributed by atoms with Crippen LogP contribution in [-0.4, -0.2) is 13.0 Å². The van der Waals surface area contributed by atoms with Gasteiger partial charge in [0.2, 0.25) is 5.91 Å². The number of anilines is 1. The Morgan fingerprint density at radius 1 is 1.24 bits per heavy atom. The van der Waals surface area contributed by atoms with Gasteiger partial charge in [-0.25, -0.2) is 0 Å². The highest BCUT2D eigenvalue weighted by atomic mass is 79.9. The maximum absolute atomic E-state index is 11.1. The fourth-order valence-electron chi connectivity index (χ4n) is 1.76. The van der Waals surface area contributed by atoms with Gasteiger partial charge in [-0.1, -0.05) is 6.07 Å². The number of carbonyl (C=O) groups excluding carboxylic acids is 1. The van der Waals surface area contributed by atoms with Crippen LogP contribution in [0.25, 0.3) is 0 Å². The van der Waals surface area contributed by atoms with Gasteiger partial charge in [0.1, 0.15) is 18.1 Å². The number of nitrogens with two attached hydrogens (primary N) is 2. The van der Waals surface area contributed by atoms with Crippen molar-refractivity contribution in [3.05, 3.63) is 52.0 Å². The van der Waals surface area contributed by atoms with Crippen molar-refractivity contribution >= 4 is 27.5 Å². The zero-order valence-corrected chi connectivity index (χ0v) is 13.0. The molecule has 4 N–H and O–H groups in total. The first-order valence-corrected chi connectivity index (χ1v) is 6.95. The van der Waals surface area contributed by atoms with Crippen molar-refractivity contribution in [2.24, 2.45) is 5.73 Å². The lowest BCUT2D eigenvalue weighted by atomic mass is 10.1. The van der Waals surface area contributed by atoms with Gasteiger partial charge in [0, 0.05) is 16.8 Å². The third kappa shape index (κ3) is 3.66. The molecule has 0 aliphatic rings. The van der Waals surface area contributed by atoms with E-state index >= 15 is 0 Å². The molecular formula is C15H15BrN2O3. The van der Waals surface area contributed by atoms with Crippen molar-refractivity contribution in [3.63, 3.8) is 0 Å². The summed E-state index contributed by atoms with van der Waals surface area (Å²) in [4.78, 5) is 11.1. The Bertz CT molecular complexity index is 674. The summed E-state index contributed by atoms with van der Waals surface area (Å²) < 4.78 is 11.6. The number of methoxy groups -OCH3 is 1. The summed E-state index contributed by atoms with van der Waals surface area (Å²) in [5.74, 6) is 0.904. The van der Waals surface area contributed by atoms with Crippen LogP contribution in [-0.2, 0) is 6.61 Å².